The van der Waals surface area contributed by atoms with Crippen molar-refractivity contribution in [3.05, 3.63) is 48.3 Å². The molecule has 0 spiro atoms. The third-order valence-electron chi connectivity index (χ3n) is 4.06. The number of urea groups is 1. The molecule has 1 aromatic carbocycles. The summed E-state index contributed by atoms with van der Waals surface area (Å²) in [5.41, 5.74) is -0.399. The summed E-state index contributed by atoms with van der Waals surface area (Å²) in [6, 6.07) is 4.89. The number of para-hydroxylation sites is 1. The highest BCUT2D eigenvalue weighted by molar-refractivity contribution is 5.89. The first-order chi connectivity index (χ1) is 11.6. The number of aromatic nitrogens is 2. The van der Waals surface area contributed by atoms with Crippen LogP contribution in [0.2, 0.25) is 0 Å². The molecule has 2 amide bonds. The van der Waals surface area contributed by atoms with Crippen LogP contribution >= 0.6 is 0 Å². The molecule has 0 radical (unpaired) electrons. The minimum atomic E-state index is -0.777. The number of amides is 2. The average molecular weight is 335 g/mol. The van der Waals surface area contributed by atoms with E-state index < -0.39 is 23.4 Å². The highest BCUT2D eigenvalue weighted by atomic mass is 19.1. The summed E-state index contributed by atoms with van der Waals surface area (Å²) >= 11 is 0. The Morgan fingerprint density at radius 2 is 1.79 bits per heavy atom. The number of halogens is 2. The van der Waals surface area contributed by atoms with Crippen molar-refractivity contribution in [2.75, 3.05) is 38.0 Å². The number of carbonyl (C=O) groups is 1. The lowest BCUT2D eigenvalue weighted by atomic mass is 10.3. The molecule has 128 valence electrons. The monoisotopic (exact) mass is 335 g/mol. The van der Waals surface area contributed by atoms with Crippen LogP contribution in [0.4, 0.5) is 19.3 Å². The zero-order chi connectivity index (χ0) is 16.9. The molecular formula is C16H19F2N5O. The van der Waals surface area contributed by atoms with Crippen LogP contribution in [0.15, 0.2) is 36.7 Å². The number of rotatable bonds is 4. The third kappa shape index (κ3) is 3.88. The highest BCUT2D eigenvalue weighted by Crippen LogP contribution is 2.18. The minimum absolute atomic E-state index is 0.399. The van der Waals surface area contributed by atoms with Crippen LogP contribution in [0.3, 0.4) is 0 Å². The van der Waals surface area contributed by atoms with Gasteiger partial charge in [0.2, 0.25) is 0 Å². The van der Waals surface area contributed by atoms with E-state index in [9.17, 15) is 13.6 Å². The zero-order valence-electron chi connectivity index (χ0n) is 13.2. The van der Waals surface area contributed by atoms with E-state index in [2.05, 4.69) is 15.3 Å². The van der Waals surface area contributed by atoms with Crippen molar-refractivity contribution in [3.63, 3.8) is 0 Å². The first kappa shape index (κ1) is 16.4. The van der Waals surface area contributed by atoms with Crippen molar-refractivity contribution >= 4 is 11.7 Å². The second kappa shape index (κ2) is 7.39. The van der Waals surface area contributed by atoms with Crippen LogP contribution in [0.5, 0.6) is 0 Å². The predicted octanol–water partition coefficient (Wildman–Crippen LogP) is 2.01. The van der Waals surface area contributed by atoms with Gasteiger partial charge in [0.1, 0.15) is 17.3 Å². The summed E-state index contributed by atoms with van der Waals surface area (Å²) in [6.07, 6.45) is 3.65. The van der Waals surface area contributed by atoms with Gasteiger partial charge in [-0.15, -0.1) is 0 Å². The number of nitrogens with one attached hydrogen (secondary N) is 1. The number of nitrogens with zero attached hydrogens (tertiary/aromatic N) is 4. The molecule has 3 rings (SSSR count). The van der Waals surface area contributed by atoms with Gasteiger partial charge in [-0.05, 0) is 18.2 Å². The first-order valence-corrected chi connectivity index (χ1v) is 7.83. The van der Waals surface area contributed by atoms with E-state index in [1.807, 2.05) is 16.9 Å². The summed E-state index contributed by atoms with van der Waals surface area (Å²) < 4.78 is 29.0. The van der Waals surface area contributed by atoms with E-state index in [-0.39, 0.29) is 0 Å². The molecule has 1 fully saturated rings. The normalized spacial score (nSPS) is 15.5. The summed E-state index contributed by atoms with van der Waals surface area (Å²) in [5.74, 6) is -1.55. The van der Waals surface area contributed by atoms with Gasteiger partial charge < -0.3 is 10.2 Å². The molecule has 6 nitrogen and oxygen atoms in total. The Morgan fingerprint density at radius 1 is 1.08 bits per heavy atom. The molecule has 0 saturated carbocycles. The topological polar surface area (TPSA) is 53.4 Å². The van der Waals surface area contributed by atoms with Crippen molar-refractivity contribution < 1.29 is 13.6 Å². The predicted molar refractivity (Wildman–Crippen MR) is 85.6 cm³/mol. The summed E-state index contributed by atoms with van der Waals surface area (Å²) in [5, 5.41) is 6.47. The fourth-order valence-corrected chi connectivity index (χ4v) is 2.65. The van der Waals surface area contributed by atoms with Gasteiger partial charge >= 0.3 is 6.03 Å². The Bertz CT molecular complexity index is 664. The van der Waals surface area contributed by atoms with Gasteiger partial charge in [-0.3, -0.25) is 9.58 Å². The van der Waals surface area contributed by atoms with Crippen LogP contribution in [-0.4, -0.2) is 58.3 Å². The van der Waals surface area contributed by atoms with E-state index in [1.165, 1.54) is 6.07 Å². The van der Waals surface area contributed by atoms with Gasteiger partial charge in [-0.25, -0.2) is 13.6 Å². The number of hydrogen-bond donors (Lipinski definition) is 1. The smallest absolute Gasteiger partial charge is 0.322 e. The van der Waals surface area contributed by atoms with E-state index in [0.29, 0.717) is 26.2 Å². The molecule has 2 aromatic rings. The fourth-order valence-electron chi connectivity index (χ4n) is 2.65. The Hall–Kier alpha value is -2.48. The van der Waals surface area contributed by atoms with Gasteiger partial charge in [-0.2, -0.15) is 5.10 Å². The standard InChI is InChI=1S/C16H19F2N5O/c17-13-3-1-4-14(18)15(13)20-16(24)22-10-7-21(8-11-22)9-12-23-6-2-5-19-23/h1-6H,7-12H2,(H,20,24). The zero-order valence-corrected chi connectivity index (χ0v) is 13.2. The van der Waals surface area contributed by atoms with Crippen LogP contribution in [0.25, 0.3) is 0 Å². The molecule has 1 aromatic heterocycles. The first-order valence-electron chi connectivity index (χ1n) is 7.83. The largest absolute Gasteiger partial charge is 0.322 e. The third-order valence-corrected chi connectivity index (χ3v) is 4.06. The fraction of sp³-hybridized carbons (Fsp3) is 0.375. The second-order valence-corrected chi connectivity index (χ2v) is 5.62. The molecule has 1 aliphatic rings. The molecule has 8 heteroatoms. The van der Waals surface area contributed by atoms with Crippen LogP contribution in [0, 0.1) is 11.6 Å². The quantitative estimate of drug-likeness (QED) is 0.930. The van der Waals surface area contributed by atoms with E-state index in [4.69, 9.17) is 0 Å². The summed E-state index contributed by atoms with van der Waals surface area (Å²) in [6.45, 7) is 4.10. The molecule has 1 aliphatic heterocycles. The van der Waals surface area contributed by atoms with E-state index >= 15 is 0 Å². The molecule has 1 N–H and O–H groups in total. The number of hydrogen-bond acceptors (Lipinski definition) is 3. The lowest BCUT2D eigenvalue weighted by molar-refractivity contribution is 0.143. The maximum absolute atomic E-state index is 13.6. The molecule has 0 atom stereocenters. The van der Waals surface area contributed by atoms with Gasteiger partial charge in [0.05, 0.1) is 6.54 Å². The van der Waals surface area contributed by atoms with Gasteiger partial charge in [0, 0.05) is 45.1 Å². The lowest BCUT2D eigenvalue weighted by Gasteiger charge is -2.34. The van der Waals surface area contributed by atoms with Crippen molar-refractivity contribution in [2.24, 2.45) is 0 Å². The Morgan fingerprint density at radius 3 is 2.42 bits per heavy atom. The molecule has 2 heterocycles. The van der Waals surface area contributed by atoms with Gasteiger partial charge in [0.15, 0.2) is 0 Å². The number of anilines is 1. The molecule has 0 bridgehead atoms. The summed E-state index contributed by atoms with van der Waals surface area (Å²) in [7, 11) is 0. The molecule has 0 aliphatic carbocycles. The average Bonchev–Trinajstić information content (AvgIpc) is 3.10. The van der Waals surface area contributed by atoms with Crippen molar-refractivity contribution in [2.45, 2.75) is 6.54 Å². The molecular weight excluding hydrogens is 316 g/mol. The maximum atomic E-state index is 13.6. The number of carbonyl (C=O) groups excluding carboxylic acids is 1. The molecule has 1 saturated heterocycles. The van der Waals surface area contributed by atoms with Crippen molar-refractivity contribution in [1.29, 1.82) is 0 Å². The molecule has 24 heavy (non-hydrogen) atoms. The van der Waals surface area contributed by atoms with Crippen molar-refractivity contribution in [1.82, 2.24) is 19.6 Å². The Kier molecular flexibility index (Phi) is 5.05. The van der Waals surface area contributed by atoms with Crippen LogP contribution < -0.4 is 5.32 Å². The lowest BCUT2D eigenvalue weighted by Crippen LogP contribution is -2.50. The Labute approximate surface area is 138 Å². The van der Waals surface area contributed by atoms with Crippen molar-refractivity contribution in [3.8, 4) is 0 Å². The maximum Gasteiger partial charge on any atom is 0.322 e. The van der Waals surface area contributed by atoms with Crippen LogP contribution in [0.1, 0.15) is 0 Å². The van der Waals surface area contributed by atoms with Gasteiger partial charge in [-0.1, -0.05) is 6.07 Å². The minimum Gasteiger partial charge on any atom is -0.322 e. The second-order valence-electron chi connectivity index (χ2n) is 5.62. The van der Waals surface area contributed by atoms with E-state index in [0.717, 1.165) is 25.2 Å². The SMILES string of the molecule is O=C(Nc1c(F)cccc1F)N1CCN(CCn2cccn2)CC1. The number of piperazine rings is 1. The van der Waals surface area contributed by atoms with Crippen LogP contribution in [-0.2, 0) is 6.54 Å². The Balaban J connectivity index is 1.48. The van der Waals surface area contributed by atoms with Gasteiger partial charge in [0.25, 0.3) is 0 Å². The number of benzene rings is 1. The van der Waals surface area contributed by atoms with E-state index in [1.54, 1.807) is 11.1 Å². The molecule has 0 unspecified atom stereocenters. The summed E-state index contributed by atoms with van der Waals surface area (Å²) in [4.78, 5) is 16.0. The highest BCUT2D eigenvalue weighted by Gasteiger charge is 2.22.